The van der Waals surface area contributed by atoms with Crippen LogP contribution in [0, 0.1) is 0 Å². The molecule has 2 nitrogen and oxygen atoms in total. The van der Waals surface area contributed by atoms with Crippen LogP contribution < -0.4 is 5.32 Å². The summed E-state index contributed by atoms with van der Waals surface area (Å²) in [6.45, 7) is 1.78. The highest BCUT2D eigenvalue weighted by Gasteiger charge is 2.21. The van der Waals surface area contributed by atoms with Gasteiger partial charge in [-0.15, -0.1) is 0 Å². The van der Waals surface area contributed by atoms with Crippen LogP contribution in [-0.2, 0) is 9.52 Å². The molecule has 1 saturated heterocycles. The zero-order chi connectivity index (χ0) is 6.20. The van der Waals surface area contributed by atoms with Crippen molar-refractivity contribution in [3.05, 3.63) is 0 Å². The summed E-state index contributed by atoms with van der Waals surface area (Å²) in [6.07, 6.45) is 1.72. The van der Waals surface area contributed by atoms with Crippen molar-refractivity contribution < 1.29 is 4.21 Å². The molecule has 48 valence electrons. The molecule has 1 aliphatic heterocycles. The van der Waals surface area contributed by atoms with E-state index in [9.17, 15) is 4.21 Å². The van der Waals surface area contributed by atoms with E-state index in [1.165, 1.54) is 0 Å². The first-order chi connectivity index (χ1) is 3.61. The van der Waals surface area contributed by atoms with Crippen molar-refractivity contribution in [2.75, 3.05) is 19.3 Å². The maximum atomic E-state index is 11.0. The molecule has 1 aliphatic rings. The molecule has 3 heteroatoms. The van der Waals surface area contributed by atoms with Gasteiger partial charge in [-0.2, -0.15) is 0 Å². The lowest BCUT2D eigenvalue weighted by molar-refractivity contribution is 0.526. The predicted octanol–water partition coefficient (Wildman–Crippen LogP) is -0.696. The van der Waals surface area contributed by atoms with Gasteiger partial charge in [0.15, 0.2) is 0 Å². The van der Waals surface area contributed by atoms with Gasteiger partial charge in [-0.3, -0.25) is 4.21 Å². The molecule has 8 heavy (non-hydrogen) atoms. The van der Waals surface area contributed by atoms with E-state index in [1.807, 2.05) is 0 Å². The molecule has 0 aliphatic carbocycles. The molecule has 0 aromatic heterocycles. The lowest BCUT2D eigenvalue weighted by Gasteiger charge is -2.27. The average Bonchev–Trinajstić information content (AvgIpc) is 1.16. The van der Waals surface area contributed by atoms with Crippen molar-refractivity contribution in [2.45, 2.75) is 5.25 Å². The van der Waals surface area contributed by atoms with Crippen molar-refractivity contribution in [3.8, 4) is 0 Å². The highest BCUT2D eigenvalue weighted by atomic mass is 32.2. The Hall–Kier alpha value is -0.0200. The summed E-state index contributed by atoms with van der Waals surface area (Å²) in [6, 6.07) is 0. The fourth-order valence-electron chi connectivity index (χ4n) is 0.615. The zero-order valence-electron chi connectivity index (χ0n) is 5.02. The van der Waals surface area contributed by atoms with Gasteiger partial charge in [0, 0.05) is 19.3 Å². The lowest BCUT2D eigenvalue weighted by atomic mass is 10.3. The Morgan fingerprint density at radius 2 is 2.25 bits per heavy atom. The van der Waals surface area contributed by atoms with E-state index >= 15 is 0 Å². The molecule has 0 amide bonds. The second-order valence-electron chi connectivity index (χ2n) is 2.35. The Kier molecular flexibility index (Phi) is 1.33. The van der Waals surface area contributed by atoms with Gasteiger partial charge in [-0.1, -0.05) is 0 Å². The summed E-state index contributed by atoms with van der Waals surface area (Å²) in [5.41, 5.74) is 0. The first-order valence-corrected chi connectivity index (χ1v) is 4.82. The summed E-state index contributed by atoms with van der Waals surface area (Å²) in [4.78, 5) is 0. The van der Waals surface area contributed by atoms with Gasteiger partial charge in [0.25, 0.3) is 0 Å². The zero-order valence-corrected chi connectivity index (χ0v) is 5.83. The minimum atomic E-state index is -1.73. The summed E-state index contributed by atoms with van der Waals surface area (Å²) < 4.78 is 11.0. The summed E-state index contributed by atoms with van der Waals surface area (Å²) in [5.74, 6) is 3.58. The molecule has 0 radical (unpaired) electrons. The molecular formula is C5H11NOS. The second kappa shape index (κ2) is 1.74. The SMILES string of the molecule is C=S(C)(=O)C1CNC1. The van der Waals surface area contributed by atoms with E-state index < -0.39 is 9.52 Å². The normalized spacial score (nSPS) is 28.6. The first kappa shape index (κ1) is 6.11. The van der Waals surface area contributed by atoms with Gasteiger partial charge in [-0.05, 0) is 15.4 Å². The number of hydrogen-bond acceptors (Lipinski definition) is 2. The van der Waals surface area contributed by atoms with E-state index in [-0.39, 0.29) is 0 Å². The summed E-state index contributed by atoms with van der Waals surface area (Å²) in [7, 11) is -1.73. The fourth-order valence-corrected chi connectivity index (χ4v) is 1.56. The van der Waals surface area contributed by atoms with Crippen molar-refractivity contribution in [3.63, 3.8) is 0 Å². The molecular weight excluding hydrogens is 122 g/mol. The molecule has 0 bridgehead atoms. The van der Waals surface area contributed by atoms with Crippen molar-refractivity contribution in [1.82, 2.24) is 5.32 Å². The summed E-state index contributed by atoms with van der Waals surface area (Å²) >= 11 is 0. The van der Waals surface area contributed by atoms with Gasteiger partial charge in [0.2, 0.25) is 0 Å². The highest BCUT2D eigenvalue weighted by molar-refractivity contribution is 8.00. The Bertz CT molecular complexity index is 167. The summed E-state index contributed by atoms with van der Waals surface area (Å²) in [5, 5.41) is 3.38. The Balaban J connectivity index is 2.60. The molecule has 0 saturated carbocycles. The van der Waals surface area contributed by atoms with Crippen LogP contribution in [0.25, 0.3) is 0 Å². The van der Waals surface area contributed by atoms with E-state index in [0.29, 0.717) is 5.25 Å². The third kappa shape index (κ3) is 1.03. The third-order valence-corrected chi connectivity index (χ3v) is 3.19. The van der Waals surface area contributed by atoms with Crippen LogP contribution in [-0.4, -0.2) is 34.7 Å². The van der Waals surface area contributed by atoms with Crippen LogP contribution in [0.2, 0.25) is 0 Å². The third-order valence-electron chi connectivity index (χ3n) is 1.45. The van der Waals surface area contributed by atoms with Crippen molar-refractivity contribution >= 4 is 15.4 Å². The molecule has 1 unspecified atom stereocenters. The highest BCUT2D eigenvalue weighted by Crippen LogP contribution is 2.02. The van der Waals surface area contributed by atoms with Gasteiger partial charge in [0.1, 0.15) is 0 Å². The molecule has 1 heterocycles. The molecule has 1 atom stereocenters. The first-order valence-electron chi connectivity index (χ1n) is 2.62. The van der Waals surface area contributed by atoms with Crippen molar-refractivity contribution in [2.24, 2.45) is 0 Å². The average molecular weight is 133 g/mol. The number of rotatable bonds is 1. The van der Waals surface area contributed by atoms with Crippen LogP contribution in [0.5, 0.6) is 0 Å². The Morgan fingerprint density at radius 1 is 1.75 bits per heavy atom. The lowest BCUT2D eigenvalue weighted by Crippen LogP contribution is -2.50. The monoisotopic (exact) mass is 133 g/mol. The van der Waals surface area contributed by atoms with Crippen LogP contribution in [0.1, 0.15) is 0 Å². The Labute approximate surface area is 50.3 Å². The predicted molar refractivity (Wildman–Crippen MR) is 37.8 cm³/mol. The molecule has 0 aromatic rings. The number of hydrogen-bond donors (Lipinski definition) is 1. The number of nitrogens with one attached hydrogen (secondary N) is 1. The van der Waals surface area contributed by atoms with Gasteiger partial charge in [-0.25, -0.2) is 0 Å². The fraction of sp³-hybridized carbons (Fsp3) is 0.800. The van der Waals surface area contributed by atoms with Crippen LogP contribution in [0.15, 0.2) is 0 Å². The van der Waals surface area contributed by atoms with Gasteiger partial charge in [0.05, 0.1) is 5.25 Å². The van der Waals surface area contributed by atoms with Gasteiger partial charge >= 0.3 is 0 Å². The molecule has 1 N–H and O–H groups in total. The Morgan fingerprint density at radius 3 is 2.25 bits per heavy atom. The smallest absolute Gasteiger partial charge is 0.0518 e. The maximum Gasteiger partial charge on any atom is 0.0518 e. The van der Waals surface area contributed by atoms with E-state index in [2.05, 4.69) is 11.2 Å². The molecule has 0 spiro atoms. The molecule has 1 fully saturated rings. The molecule has 1 rings (SSSR count). The van der Waals surface area contributed by atoms with Crippen LogP contribution in [0.3, 0.4) is 0 Å². The van der Waals surface area contributed by atoms with Crippen LogP contribution >= 0.6 is 0 Å². The van der Waals surface area contributed by atoms with E-state index in [4.69, 9.17) is 0 Å². The topological polar surface area (TPSA) is 29.1 Å². The maximum absolute atomic E-state index is 11.0. The second-order valence-corrected chi connectivity index (χ2v) is 5.16. The van der Waals surface area contributed by atoms with E-state index in [1.54, 1.807) is 6.26 Å². The van der Waals surface area contributed by atoms with E-state index in [0.717, 1.165) is 13.1 Å². The molecule has 0 aromatic carbocycles. The minimum absolute atomic E-state index is 0.336. The largest absolute Gasteiger partial charge is 0.314 e. The van der Waals surface area contributed by atoms with Gasteiger partial charge < -0.3 is 5.32 Å². The quantitative estimate of drug-likeness (QED) is 0.479. The minimum Gasteiger partial charge on any atom is -0.314 e. The van der Waals surface area contributed by atoms with Crippen LogP contribution in [0.4, 0.5) is 0 Å². The standard InChI is InChI=1S/C5H11NOS/c1-8(2,7)5-3-6-4-5/h5-6H,1,3-4H2,2H3. The van der Waals surface area contributed by atoms with Crippen molar-refractivity contribution in [1.29, 1.82) is 0 Å².